The Labute approximate surface area is 127 Å². The van der Waals surface area contributed by atoms with E-state index in [2.05, 4.69) is 20.0 Å². The fraction of sp³-hybridized carbons (Fsp3) is 0.312. The summed E-state index contributed by atoms with van der Waals surface area (Å²) in [7, 11) is 1.88. The van der Waals surface area contributed by atoms with Gasteiger partial charge in [-0.2, -0.15) is 5.10 Å². The van der Waals surface area contributed by atoms with Gasteiger partial charge in [-0.25, -0.2) is 14.4 Å². The quantitative estimate of drug-likeness (QED) is 0.730. The topological polar surface area (TPSA) is 46.8 Å². The first-order valence-corrected chi connectivity index (χ1v) is 7.39. The van der Waals surface area contributed by atoms with Gasteiger partial charge in [-0.15, -0.1) is 0 Å². The minimum atomic E-state index is -0.204. The number of benzene rings is 1. The van der Waals surface area contributed by atoms with Gasteiger partial charge < -0.3 is 4.90 Å². The van der Waals surface area contributed by atoms with Crippen LogP contribution in [-0.4, -0.2) is 26.3 Å². The lowest BCUT2D eigenvalue weighted by molar-refractivity contribution is 0.624. The molecule has 1 atom stereocenters. The molecule has 1 aliphatic heterocycles. The molecule has 22 heavy (non-hydrogen) atoms. The van der Waals surface area contributed by atoms with E-state index in [9.17, 15) is 4.39 Å². The minimum absolute atomic E-state index is 0.204. The molecule has 1 aliphatic rings. The summed E-state index contributed by atoms with van der Waals surface area (Å²) in [6.07, 6.45) is 5.52. The standard InChI is InChI=1S/C16H16FN5/c1-21-15-13(9-20-21)16(19-10-18-15)22-8-2-3-14(22)11-4-6-12(17)7-5-11/h4-7,9-10,14H,2-3,8H2,1H3/t14-/m1/s1. The van der Waals surface area contributed by atoms with Gasteiger partial charge in [-0.3, -0.25) is 4.68 Å². The van der Waals surface area contributed by atoms with Crippen molar-refractivity contribution >= 4 is 16.9 Å². The summed E-state index contributed by atoms with van der Waals surface area (Å²) >= 11 is 0. The van der Waals surface area contributed by atoms with Crippen molar-refractivity contribution in [3.8, 4) is 0 Å². The second-order valence-corrected chi connectivity index (χ2v) is 5.61. The van der Waals surface area contributed by atoms with E-state index in [1.165, 1.54) is 12.1 Å². The van der Waals surface area contributed by atoms with Crippen LogP contribution < -0.4 is 4.90 Å². The maximum atomic E-state index is 13.2. The highest BCUT2D eigenvalue weighted by molar-refractivity contribution is 5.87. The molecule has 1 saturated heterocycles. The van der Waals surface area contributed by atoms with Crippen molar-refractivity contribution in [3.05, 3.63) is 48.2 Å². The van der Waals surface area contributed by atoms with Gasteiger partial charge in [0.05, 0.1) is 17.6 Å². The van der Waals surface area contributed by atoms with Crippen LogP contribution in [0.4, 0.5) is 10.2 Å². The predicted octanol–water partition coefficient (Wildman–Crippen LogP) is 2.84. The summed E-state index contributed by atoms with van der Waals surface area (Å²) in [6, 6.07) is 6.98. The number of aryl methyl sites for hydroxylation is 1. The summed E-state index contributed by atoms with van der Waals surface area (Å²) < 4.78 is 14.9. The van der Waals surface area contributed by atoms with Gasteiger partial charge in [-0.05, 0) is 30.5 Å². The highest BCUT2D eigenvalue weighted by Gasteiger charge is 2.28. The van der Waals surface area contributed by atoms with E-state index in [1.54, 1.807) is 11.0 Å². The van der Waals surface area contributed by atoms with Crippen LogP contribution in [0.3, 0.4) is 0 Å². The lowest BCUT2D eigenvalue weighted by Crippen LogP contribution is -2.23. The van der Waals surface area contributed by atoms with Gasteiger partial charge in [0, 0.05) is 13.6 Å². The Kier molecular flexibility index (Phi) is 3.03. The van der Waals surface area contributed by atoms with E-state index in [0.29, 0.717) is 0 Å². The Balaban J connectivity index is 1.78. The van der Waals surface area contributed by atoms with Crippen molar-refractivity contribution in [1.82, 2.24) is 19.7 Å². The lowest BCUT2D eigenvalue weighted by atomic mass is 10.0. The molecule has 0 radical (unpaired) electrons. The summed E-state index contributed by atoms with van der Waals surface area (Å²) in [5.74, 6) is 0.704. The molecule has 5 nitrogen and oxygen atoms in total. The molecule has 2 aromatic heterocycles. The Bertz CT molecular complexity index is 811. The molecule has 6 heteroatoms. The van der Waals surface area contributed by atoms with Crippen LogP contribution >= 0.6 is 0 Å². The zero-order chi connectivity index (χ0) is 15.1. The number of halogens is 1. The van der Waals surface area contributed by atoms with Crippen LogP contribution in [0.25, 0.3) is 11.0 Å². The number of hydrogen-bond acceptors (Lipinski definition) is 4. The third-order valence-electron chi connectivity index (χ3n) is 4.29. The van der Waals surface area contributed by atoms with Gasteiger partial charge in [0.2, 0.25) is 0 Å². The van der Waals surface area contributed by atoms with E-state index in [-0.39, 0.29) is 11.9 Å². The molecule has 0 saturated carbocycles. The summed E-state index contributed by atoms with van der Waals surface area (Å²) in [6.45, 7) is 0.934. The largest absolute Gasteiger partial charge is 0.349 e. The van der Waals surface area contributed by atoms with Gasteiger partial charge in [0.15, 0.2) is 5.65 Å². The molecule has 1 aromatic carbocycles. The van der Waals surface area contributed by atoms with Crippen molar-refractivity contribution in [3.63, 3.8) is 0 Å². The number of rotatable bonds is 2. The molecule has 0 bridgehead atoms. The first kappa shape index (κ1) is 13.2. The van der Waals surface area contributed by atoms with Crippen LogP contribution in [-0.2, 0) is 7.05 Å². The van der Waals surface area contributed by atoms with Gasteiger partial charge in [0.1, 0.15) is 18.0 Å². The molecule has 0 N–H and O–H groups in total. The normalized spacial score (nSPS) is 18.3. The average molecular weight is 297 g/mol. The number of anilines is 1. The second kappa shape index (κ2) is 5.05. The minimum Gasteiger partial charge on any atom is -0.349 e. The molecule has 112 valence electrons. The zero-order valence-electron chi connectivity index (χ0n) is 12.3. The molecular weight excluding hydrogens is 281 g/mol. The number of hydrogen-bond donors (Lipinski definition) is 0. The molecule has 3 heterocycles. The van der Waals surface area contributed by atoms with Crippen LogP contribution in [0.1, 0.15) is 24.4 Å². The molecule has 0 spiro atoms. The summed E-state index contributed by atoms with van der Waals surface area (Å²) in [5, 5.41) is 5.23. The molecule has 1 fully saturated rings. The first-order valence-electron chi connectivity index (χ1n) is 7.39. The van der Waals surface area contributed by atoms with Crippen molar-refractivity contribution in [2.75, 3.05) is 11.4 Å². The van der Waals surface area contributed by atoms with E-state index in [4.69, 9.17) is 0 Å². The van der Waals surface area contributed by atoms with E-state index >= 15 is 0 Å². The maximum absolute atomic E-state index is 13.2. The molecule has 4 rings (SSSR count). The molecule has 0 amide bonds. The number of aromatic nitrogens is 4. The third-order valence-corrected chi connectivity index (χ3v) is 4.29. The van der Waals surface area contributed by atoms with Gasteiger partial charge in [0.25, 0.3) is 0 Å². The zero-order valence-corrected chi connectivity index (χ0v) is 12.3. The van der Waals surface area contributed by atoms with Crippen molar-refractivity contribution in [1.29, 1.82) is 0 Å². The fourth-order valence-corrected chi connectivity index (χ4v) is 3.23. The Morgan fingerprint density at radius 2 is 2.00 bits per heavy atom. The monoisotopic (exact) mass is 297 g/mol. The lowest BCUT2D eigenvalue weighted by Gasteiger charge is -2.26. The Hall–Kier alpha value is -2.50. The highest BCUT2D eigenvalue weighted by Crippen LogP contribution is 2.37. The Morgan fingerprint density at radius 1 is 1.18 bits per heavy atom. The van der Waals surface area contributed by atoms with Crippen molar-refractivity contribution in [2.45, 2.75) is 18.9 Å². The van der Waals surface area contributed by atoms with Crippen LogP contribution in [0, 0.1) is 5.82 Å². The van der Waals surface area contributed by atoms with Gasteiger partial charge in [-0.1, -0.05) is 12.1 Å². The first-order chi connectivity index (χ1) is 10.7. The van der Waals surface area contributed by atoms with E-state index in [0.717, 1.165) is 41.8 Å². The van der Waals surface area contributed by atoms with Crippen LogP contribution in [0.15, 0.2) is 36.8 Å². The van der Waals surface area contributed by atoms with Gasteiger partial charge >= 0.3 is 0 Å². The smallest absolute Gasteiger partial charge is 0.163 e. The summed E-state index contributed by atoms with van der Waals surface area (Å²) in [4.78, 5) is 11.1. The molecule has 3 aromatic rings. The SMILES string of the molecule is Cn1ncc2c(N3CCC[C@@H]3c3ccc(F)cc3)ncnc21. The molecule has 0 aliphatic carbocycles. The second-order valence-electron chi connectivity index (χ2n) is 5.61. The van der Waals surface area contributed by atoms with E-state index < -0.39 is 0 Å². The molecule has 0 unspecified atom stereocenters. The Morgan fingerprint density at radius 3 is 2.82 bits per heavy atom. The van der Waals surface area contributed by atoms with Crippen molar-refractivity contribution < 1.29 is 4.39 Å². The predicted molar refractivity (Wildman–Crippen MR) is 82.0 cm³/mol. The van der Waals surface area contributed by atoms with Crippen LogP contribution in [0.2, 0.25) is 0 Å². The summed E-state index contributed by atoms with van der Waals surface area (Å²) in [5.41, 5.74) is 1.95. The highest BCUT2D eigenvalue weighted by atomic mass is 19.1. The average Bonchev–Trinajstić information content (AvgIpc) is 3.15. The maximum Gasteiger partial charge on any atom is 0.163 e. The fourth-order valence-electron chi connectivity index (χ4n) is 3.23. The van der Waals surface area contributed by atoms with E-state index in [1.807, 2.05) is 25.4 Å². The molecular formula is C16H16FN5. The number of nitrogens with zero attached hydrogens (tertiary/aromatic N) is 5. The number of fused-ring (bicyclic) bond motifs is 1. The van der Waals surface area contributed by atoms with Crippen molar-refractivity contribution in [2.24, 2.45) is 7.05 Å². The third kappa shape index (κ3) is 2.03. The van der Waals surface area contributed by atoms with Crippen LogP contribution in [0.5, 0.6) is 0 Å².